The Labute approximate surface area is 102 Å². The summed E-state index contributed by atoms with van der Waals surface area (Å²) in [6, 6.07) is 5.96. The number of nitrogens with one attached hydrogen (secondary N) is 1. The minimum Gasteiger partial charge on any atom is -0.454 e. The molecular formula is C12H14ClNO2. The lowest BCUT2D eigenvalue weighted by Gasteiger charge is -2.09. The van der Waals surface area contributed by atoms with E-state index in [4.69, 9.17) is 15.9 Å². The van der Waals surface area contributed by atoms with Gasteiger partial charge in [0.15, 0.2) is 11.5 Å². The SMILES string of the molecule is C#CC(Cc1ccc2c(c1)OCO2)NC.Cl. The highest BCUT2D eigenvalue weighted by Crippen LogP contribution is 2.32. The first-order valence-electron chi connectivity index (χ1n) is 4.85. The summed E-state index contributed by atoms with van der Waals surface area (Å²) in [5, 5.41) is 3.06. The molecule has 0 radical (unpaired) electrons. The number of likely N-dealkylation sites (N-methyl/N-ethyl adjacent to an activating group) is 1. The third kappa shape index (κ3) is 2.60. The summed E-state index contributed by atoms with van der Waals surface area (Å²) in [5.74, 6) is 4.30. The zero-order valence-corrected chi connectivity index (χ0v) is 9.84. The van der Waals surface area contributed by atoms with Crippen LogP contribution in [0.25, 0.3) is 0 Å². The van der Waals surface area contributed by atoms with Crippen LogP contribution < -0.4 is 14.8 Å². The second-order valence-corrected chi connectivity index (χ2v) is 3.40. The third-order valence-corrected chi connectivity index (χ3v) is 2.43. The first-order valence-corrected chi connectivity index (χ1v) is 4.85. The fraction of sp³-hybridized carbons (Fsp3) is 0.333. The van der Waals surface area contributed by atoms with Gasteiger partial charge in [0.05, 0.1) is 6.04 Å². The summed E-state index contributed by atoms with van der Waals surface area (Å²) >= 11 is 0. The molecule has 2 rings (SSSR count). The quantitative estimate of drug-likeness (QED) is 0.813. The number of terminal acetylenes is 1. The van der Waals surface area contributed by atoms with Gasteiger partial charge in [-0.05, 0) is 31.2 Å². The first kappa shape index (κ1) is 12.7. The molecule has 86 valence electrons. The average molecular weight is 240 g/mol. The summed E-state index contributed by atoms with van der Waals surface area (Å²) in [7, 11) is 1.86. The normalized spacial score (nSPS) is 13.8. The van der Waals surface area contributed by atoms with E-state index < -0.39 is 0 Å². The molecule has 1 atom stereocenters. The minimum atomic E-state index is 0. The van der Waals surface area contributed by atoms with Crippen molar-refractivity contribution < 1.29 is 9.47 Å². The lowest BCUT2D eigenvalue weighted by molar-refractivity contribution is 0.174. The molecule has 0 aliphatic carbocycles. The molecule has 1 aromatic carbocycles. The summed E-state index contributed by atoms with van der Waals surface area (Å²) in [4.78, 5) is 0. The van der Waals surface area contributed by atoms with Gasteiger partial charge in [-0.15, -0.1) is 18.8 Å². The molecule has 1 N–H and O–H groups in total. The van der Waals surface area contributed by atoms with E-state index in [2.05, 4.69) is 11.2 Å². The number of rotatable bonds is 3. The van der Waals surface area contributed by atoms with E-state index in [-0.39, 0.29) is 18.4 Å². The second kappa shape index (κ2) is 5.64. The van der Waals surface area contributed by atoms with Crippen LogP contribution in [0.1, 0.15) is 5.56 Å². The largest absolute Gasteiger partial charge is 0.454 e. The molecule has 3 nitrogen and oxygen atoms in total. The lowest BCUT2D eigenvalue weighted by Crippen LogP contribution is -2.25. The van der Waals surface area contributed by atoms with Gasteiger partial charge in [0.25, 0.3) is 0 Å². The van der Waals surface area contributed by atoms with Crippen LogP contribution in [0.15, 0.2) is 18.2 Å². The fourth-order valence-corrected chi connectivity index (χ4v) is 1.55. The van der Waals surface area contributed by atoms with Crippen LogP contribution in [0.5, 0.6) is 11.5 Å². The summed E-state index contributed by atoms with van der Waals surface area (Å²) < 4.78 is 10.5. The van der Waals surface area contributed by atoms with Gasteiger partial charge in [0.1, 0.15) is 0 Å². The van der Waals surface area contributed by atoms with Gasteiger partial charge in [-0.25, -0.2) is 0 Å². The number of hydrogen-bond donors (Lipinski definition) is 1. The number of halogens is 1. The Bertz CT molecular complexity index is 400. The molecule has 1 aliphatic heterocycles. The molecule has 0 spiro atoms. The highest BCUT2D eigenvalue weighted by atomic mass is 35.5. The molecule has 0 aromatic heterocycles. The Balaban J connectivity index is 0.00000128. The Morgan fingerprint density at radius 2 is 2.19 bits per heavy atom. The van der Waals surface area contributed by atoms with Gasteiger partial charge in [0.2, 0.25) is 6.79 Å². The van der Waals surface area contributed by atoms with E-state index in [9.17, 15) is 0 Å². The number of fused-ring (bicyclic) bond motifs is 1. The van der Waals surface area contributed by atoms with Gasteiger partial charge < -0.3 is 14.8 Å². The summed E-state index contributed by atoms with van der Waals surface area (Å²) in [6.07, 6.45) is 6.17. The Hall–Kier alpha value is -1.37. The molecule has 0 fully saturated rings. The Morgan fingerprint density at radius 1 is 1.44 bits per heavy atom. The molecule has 0 amide bonds. The van der Waals surface area contributed by atoms with Crippen LogP contribution >= 0.6 is 12.4 Å². The standard InChI is InChI=1S/C12H13NO2.ClH/c1-3-10(13-2)6-9-4-5-11-12(7-9)15-8-14-11;/h1,4-5,7,10,13H,6,8H2,2H3;1H. The van der Waals surface area contributed by atoms with Crippen LogP contribution in [-0.4, -0.2) is 19.9 Å². The van der Waals surface area contributed by atoms with E-state index in [0.29, 0.717) is 6.79 Å². The van der Waals surface area contributed by atoms with Crippen LogP contribution in [0, 0.1) is 12.3 Å². The van der Waals surface area contributed by atoms with E-state index in [1.807, 2.05) is 25.2 Å². The molecule has 1 heterocycles. The molecule has 0 bridgehead atoms. The molecule has 1 unspecified atom stereocenters. The van der Waals surface area contributed by atoms with Gasteiger partial charge in [-0.2, -0.15) is 0 Å². The zero-order valence-electron chi connectivity index (χ0n) is 9.03. The Morgan fingerprint density at radius 3 is 2.88 bits per heavy atom. The second-order valence-electron chi connectivity index (χ2n) is 3.40. The van der Waals surface area contributed by atoms with Crippen molar-refractivity contribution in [1.82, 2.24) is 5.32 Å². The van der Waals surface area contributed by atoms with Crippen molar-refractivity contribution in [2.45, 2.75) is 12.5 Å². The fourth-order valence-electron chi connectivity index (χ4n) is 1.55. The van der Waals surface area contributed by atoms with Crippen molar-refractivity contribution in [2.24, 2.45) is 0 Å². The maximum Gasteiger partial charge on any atom is 0.231 e. The van der Waals surface area contributed by atoms with Gasteiger partial charge in [0, 0.05) is 0 Å². The number of ether oxygens (including phenoxy) is 2. The van der Waals surface area contributed by atoms with Gasteiger partial charge in [-0.1, -0.05) is 12.0 Å². The highest BCUT2D eigenvalue weighted by molar-refractivity contribution is 5.85. The first-order chi connectivity index (χ1) is 7.33. The maximum absolute atomic E-state index is 5.38. The monoisotopic (exact) mass is 239 g/mol. The molecular weight excluding hydrogens is 226 g/mol. The molecule has 1 aliphatic rings. The van der Waals surface area contributed by atoms with Crippen molar-refractivity contribution in [3.8, 4) is 23.8 Å². The van der Waals surface area contributed by atoms with E-state index >= 15 is 0 Å². The molecule has 1 aromatic rings. The predicted octanol–water partition coefficient (Wildman–Crippen LogP) is 1.60. The summed E-state index contributed by atoms with van der Waals surface area (Å²) in [5.41, 5.74) is 1.15. The van der Waals surface area contributed by atoms with Crippen molar-refractivity contribution in [3.63, 3.8) is 0 Å². The maximum atomic E-state index is 5.38. The summed E-state index contributed by atoms with van der Waals surface area (Å²) in [6.45, 7) is 0.309. The van der Waals surface area contributed by atoms with Crippen molar-refractivity contribution >= 4 is 12.4 Å². The Kier molecular flexibility index (Phi) is 4.48. The van der Waals surface area contributed by atoms with Crippen LogP contribution in [0.3, 0.4) is 0 Å². The van der Waals surface area contributed by atoms with Crippen molar-refractivity contribution in [2.75, 3.05) is 13.8 Å². The molecule has 0 saturated heterocycles. The van der Waals surface area contributed by atoms with E-state index in [1.165, 1.54) is 0 Å². The van der Waals surface area contributed by atoms with Crippen molar-refractivity contribution in [3.05, 3.63) is 23.8 Å². The topological polar surface area (TPSA) is 30.5 Å². The van der Waals surface area contributed by atoms with Gasteiger partial charge >= 0.3 is 0 Å². The molecule has 4 heteroatoms. The van der Waals surface area contributed by atoms with Crippen LogP contribution in [-0.2, 0) is 6.42 Å². The van der Waals surface area contributed by atoms with Crippen molar-refractivity contribution in [1.29, 1.82) is 0 Å². The molecule has 16 heavy (non-hydrogen) atoms. The smallest absolute Gasteiger partial charge is 0.231 e. The van der Waals surface area contributed by atoms with E-state index in [0.717, 1.165) is 23.5 Å². The third-order valence-electron chi connectivity index (χ3n) is 2.43. The van der Waals surface area contributed by atoms with E-state index in [1.54, 1.807) is 0 Å². The van der Waals surface area contributed by atoms with Crippen LogP contribution in [0.4, 0.5) is 0 Å². The minimum absolute atomic E-state index is 0. The lowest BCUT2D eigenvalue weighted by atomic mass is 10.1. The molecule has 0 saturated carbocycles. The highest BCUT2D eigenvalue weighted by Gasteiger charge is 2.14. The predicted molar refractivity (Wildman–Crippen MR) is 65.2 cm³/mol. The van der Waals surface area contributed by atoms with Crippen LogP contribution in [0.2, 0.25) is 0 Å². The van der Waals surface area contributed by atoms with Gasteiger partial charge in [-0.3, -0.25) is 0 Å². The average Bonchev–Trinajstić information content (AvgIpc) is 2.73. The number of benzene rings is 1. The zero-order chi connectivity index (χ0) is 10.7. The number of hydrogen-bond acceptors (Lipinski definition) is 3.